The normalized spacial score (nSPS) is 15.1. The molecule has 4 aromatic rings. The Morgan fingerprint density at radius 2 is 1.78 bits per heavy atom. The number of hydrogen-bond acceptors (Lipinski definition) is 3. The van der Waals surface area contributed by atoms with E-state index < -0.39 is 5.97 Å². The molecule has 0 saturated carbocycles. The largest absolute Gasteiger partial charge is 0.478 e. The van der Waals surface area contributed by atoms with E-state index in [2.05, 4.69) is 48.2 Å². The summed E-state index contributed by atoms with van der Waals surface area (Å²) < 4.78 is 0. The Bertz CT molecular complexity index is 1340. The fraction of sp³-hybridized carbons (Fsp3) is 0.143. The predicted octanol–water partition coefficient (Wildman–Crippen LogP) is 5.80. The van der Waals surface area contributed by atoms with Gasteiger partial charge in [-0.2, -0.15) is 0 Å². The van der Waals surface area contributed by atoms with Gasteiger partial charge >= 0.3 is 5.97 Å². The number of aromatic nitrogens is 1. The first-order valence-corrected chi connectivity index (χ1v) is 10.8. The van der Waals surface area contributed by atoms with Crippen molar-refractivity contribution in [1.82, 2.24) is 9.88 Å². The molecular formula is C28H24N2O2. The molecular weight excluding hydrogens is 396 g/mol. The van der Waals surface area contributed by atoms with Crippen molar-refractivity contribution in [3.63, 3.8) is 0 Å². The SMILES string of the molecule is Cc1cccc(C=C2CN(Cc3ccccc3)Cc3c2nc2ccccc2c3C(=O)O)c1. The second-order valence-corrected chi connectivity index (χ2v) is 8.35. The zero-order chi connectivity index (χ0) is 22.1. The van der Waals surface area contributed by atoms with E-state index in [1.54, 1.807) is 0 Å². The molecule has 0 atom stereocenters. The van der Waals surface area contributed by atoms with E-state index in [1.165, 1.54) is 11.1 Å². The van der Waals surface area contributed by atoms with Crippen LogP contribution in [0.2, 0.25) is 0 Å². The average Bonchev–Trinajstić information content (AvgIpc) is 2.78. The Kier molecular flexibility index (Phi) is 5.29. The molecule has 158 valence electrons. The average molecular weight is 421 g/mol. The van der Waals surface area contributed by atoms with Gasteiger partial charge in [0.1, 0.15) is 0 Å². The minimum atomic E-state index is -0.906. The number of rotatable bonds is 4. The lowest BCUT2D eigenvalue weighted by atomic mass is 9.91. The van der Waals surface area contributed by atoms with Gasteiger partial charge in [-0.1, -0.05) is 78.4 Å². The first-order chi connectivity index (χ1) is 15.6. The lowest BCUT2D eigenvalue weighted by Crippen LogP contribution is -2.31. The van der Waals surface area contributed by atoms with Crippen LogP contribution in [-0.4, -0.2) is 27.5 Å². The Labute approximate surface area is 187 Å². The number of aryl methyl sites for hydroxylation is 1. The summed E-state index contributed by atoms with van der Waals surface area (Å²) in [6.45, 7) is 4.08. The third-order valence-electron chi connectivity index (χ3n) is 5.92. The Balaban J connectivity index is 1.69. The van der Waals surface area contributed by atoms with E-state index in [0.717, 1.165) is 34.5 Å². The standard InChI is InChI=1S/C28H24N2O2/c1-19-8-7-11-21(14-19)15-22-17-30(16-20-9-3-2-4-10-20)18-24-26(28(31)32)23-12-5-6-13-25(23)29-27(22)24/h2-15H,16-18H2,1H3,(H,31,32). The summed E-state index contributed by atoms with van der Waals surface area (Å²) in [4.78, 5) is 19.6. The minimum Gasteiger partial charge on any atom is -0.478 e. The predicted molar refractivity (Wildman–Crippen MR) is 128 cm³/mol. The third kappa shape index (κ3) is 3.93. The van der Waals surface area contributed by atoms with Gasteiger partial charge in [0.2, 0.25) is 0 Å². The zero-order valence-corrected chi connectivity index (χ0v) is 18.0. The molecule has 1 N–H and O–H groups in total. The zero-order valence-electron chi connectivity index (χ0n) is 18.0. The molecule has 5 rings (SSSR count). The molecule has 1 aliphatic rings. The second-order valence-electron chi connectivity index (χ2n) is 8.35. The Morgan fingerprint density at radius 3 is 2.56 bits per heavy atom. The van der Waals surface area contributed by atoms with E-state index in [1.807, 2.05) is 48.5 Å². The highest BCUT2D eigenvalue weighted by Gasteiger charge is 2.28. The first-order valence-electron chi connectivity index (χ1n) is 10.8. The second kappa shape index (κ2) is 8.40. The maximum absolute atomic E-state index is 12.4. The Hall–Kier alpha value is -3.76. The van der Waals surface area contributed by atoms with E-state index in [4.69, 9.17) is 4.98 Å². The smallest absolute Gasteiger partial charge is 0.336 e. The minimum absolute atomic E-state index is 0.360. The van der Waals surface area contributed by atoms with Gasteiger partial charge in [-0.15, -0.1) is 0 Å². The van der Waals surface area contributed by atoms with Crippen LogP contribution >= 0.6 is 0 Å². The molecule has 2 heterocycles. The van der Waals surface area contributed by atoms with Crippen LogP contribution in [0.15, 0.2) is 78.9 Å². The van der Waals surface area contributed by atoms with Gasteiger partial charge in [-0.3, -0.25) is 4.90 Å². The highest BCUT2D eigenvalue weighted by Crippen LogP contribution is 2.34. The summed E-state index contributed by atoms with van der Waals surface area (Å²) in [5, 5.41) is 10.9. The molecule has 1 aromatic heterocycles. The van der Waals surface area contributed by atoms with Gasteiger partial charge in [0.25, 0.3) is 0 Å². The van der Waals surface area contributed by atoms with Gasteiger partial charge < -0.3 is 5.11 Å². The Morgan fingerprint density at radius 1 is 1.00 bits per heavy atom. The molecule has 0 amide bonds. The van der Waals surface area contributed by atoms with E-state index >= 15 is 0 Å². The van der Waals surface area contributed by atoms with Crippen LogP contribution in [-0.2, 0) is 13.1 Å². The number of pyridine rings is 1. The van der Waals surface area contributed by atoms with Crippen molar-refractivity contribution in [2.24, 2.45) is 0 Å². The van der Waals surface area contributed by atoms with E-state index in [-0.39, 0.29) is 0 Å². The monoisotopic (exact) mass is 420 g/mol. The number of carboxylic acid groups (broad SMARTS) is 1. The van der Waals surface area contributed by atoms with Crippen LogP contribution in [0.5, 0.6) is 0 Å². The lowest BCUT2D eigenvalue weighted by Gasteiger charge is -2.31. The van der Waals surface area contributed by atoms with Crippen molar-refractivity contribution in [2.45, 2.75) is 20.0 Å². The van der Waals surface area contributed by atoms with Crippen molar-refractivity contribution >= 4 is 28.5 Å². The highest BCUT2D eigenvalue weighted by atomic mass is 16.4. The van der Waals surface area contributed by atoms with Crippen molar-refractivity contribution in [3.8, 4) is 0 Å². The molecule has 0 fully saturated rings. The number of aromatic carboxylic acids is 1. The van der Waals surface area contributed by atoms with Gasteiger partial charge in [-0.25, -0.2) is 9.78 Å². The maximum atomic E-state index is 12.4. The van der Waals surface area contributed by atoms with Gasteiger partial charge in [0.05, 0.1) is 16.8 Å². The summed E-state index contributed by atoms with van der Waals surface area (Å²) in [5.74, 6) is -0.906. The topological polar surface area (TPSA) is 53.4 Å². The number of carboxylic acids is 1. The summed E-state index contributed by atoms with van der Waals surface area (Å²) in [6, 6.07) is 26.2. The van der Waals surface area contributed by atoms with Crippen LogP contribution in [0.1, 0.15) is 38.3 Å². The highest BCUT2D eigenvalue weighted by molar-refractivity contribution is 6.06. The molecule has 32 heavy (non-hydrogen) atoms. The first kappa shape index (κ1) is 20.2. The molecule has 0 aliphatic carbocycles. The van der Waals surface area contributed by atoms with Gasteiger partial charge in [0.15, 0.2) is 0 Å². The summed E-state index contributed by atoms with van der Waals surface area (Å²) in [5.41, 5.74) is 7.20. The number of fused-ring (bicyclic) bond motifs is 2. The van der Waals surface area contributed by atoms with E-state index in [9.17, 15) is 9.90 Å². The summed E-state index contributed by atoms with van der Waals surface area (Å²) in [7, 11) is 0. The molecule has 0 radical (unpaired) electrons. The fourth-order valence-corrected chi connectivity index (χ4v) is 4.54. The fourth-order valence-electron chi connectivity index (χ4n) is 4.54. The van der Waals surface area contributed by atoms with Crippen molar-refractivity contribution in [2.75, 3.05) is 6.54 Å². The molecule has 0 saturated heterocycles. The number of nitrogens with zero attached hydrogens (tertiary/aromatic N) is 2. The molecule has 4 heteroatoms. The van der Waals surface area contributed by atoms with E-state index in [0.29, 0.717) is 24.0 Å². The molecule has 3 aromatic carbocycles. The van der Waals surface area contributed by atoms with Crippen molar-refractivity contribution in [1.29, 1.82) is 0 Å². The van der Waals surface area contributed by atoms with Crippen LogP contribution < -0.4 is 0 Å². The van der Waals surface area contributed by atoms with Crippen LogP contribution in [0.4, 0.5) is 0 Å². The molecule has 0 spiro atoms. The number of hydrogen-bond donors (Lipinski definition) is 1. The number of benzene rings is 3. The van der Waals surface area contributed by atoms with Crippen LogP contribution in [0.3, 0.4) is 0 Å². The molecule has 0 bridgehead atoms. The van der Waals surface area contributed by atoms with Crippen LogP contribution in [0.25, 0.3) is 22.6 Å². The van der Waals surface area contributed by atoms with Gasteiger partial charge in [-0.05, 0) is 35.8 Å². The van der Waals surface area contributed by atoms with Gasteiger partial charge in [0, 0.05) is 30.6 Å². The van der Waals surface area contributed by atoms with Crippen molar-refractivity contribution < 1.29 is 9.90 Å². The summed E-state index contributed by atoms with van der Waals surface area (Å²) in [6.07, 6.45) is 2.15. The quantitative estimate of drug-likeness (QED) is 0.453. The molecule has 4 nitrogen and oxygen atoms in total. The van der Waals surface area contributed by atoms with Crippen LogP contribution in [0, 0.1) is 6.92 Å². The van der Waals surface area contributed by atoms with Crippen molar-refractivity contribution in [3.05, 3.63) is 112 Å². The maximum Gasteiger partial charge on any atom is 0.336 e. The number of para-hydroxylation sites is 1. The molecule has 0 unspecified atom stereocenters. The molecule has 1 aliphatic heterocycles. The summed E-state index contributed by atoms with van der Waals surface area (Å²) >= 11 is 0. The lowest BCUT2D eigenvalue weighted by molar-refractivity contribution is 0.0696. The number of carbonyl (C=O) groups is 1. The third-order valence-corrected chi connectivity index (χ3v) is 5.92.